The summed E-state index contributed by atoms with van der Waals surface area (Å²) in [6.45, 7) is 5.69. The average molecular weight is 173 g/mol. The molecule has 2 N–H and O–H groups in total. The first-order valence-electron chi connectivity index (χ1n) is 4.53. The van der Waals surface area contributed by atoms with Gasteiger partial charge < -0.3 is 10.4 Å². The number of hydrogen-bond donors (Lipinski definition) is 2. The van der Waals surface area contributed by atoms with Crippen LogP contribution < -0.4 is 5.32 Å². The summed E-state index contributed by atoms with van der Waals surface area (Å²) >= 11 is 0. The summed E-state index contributed by atoms with van der Waals surface area (Å²) in [6, 6.07) is 0.242. The van der Waals surface area contributed by atoms with Gasteiger partial charge in [0.1, 0.15) is 0 Å². The van der Waals surface area contributed by atoms with Crippen molar-refractivity contribution in [2.75, 3.05) is 0 Å². The second-order valence-electron chi connectivity index (χ2n) is 3.26. The fourth-order valence-corrected chi connectivity index (χ4v) is 0.789. The molecule has 0 aliphatic carbocycles. The molecule has 3 nitrogen and oxygen atoms in total. The number of aliphatic hydroxyl groups excluding tert-OH is 1. The van der Waals surface area contributed by atoms with Crippen LogP contribution in [0.1, 0.15) is 40.0 Å². The Balaban J connectivity index is 3.46. The van der Waals surface area contributed by atoms with Gasteiger partial charge in [0.05, 0.1) is 6.10 Å². The standard InChI is InChI=1S/C9H19NO2/c1-4-7(2)10-9(12)6-5-8(3)11/h7-8,11H,4-6H2,1-3H3,(H,10,12). The van der Waals surface area contributed by atoms with Gasteiger partial charge in [0.25, 0.3) is 0 Å². The highest BCUT2D eigenvalue weighted by Gasteiger charge is 2.06. The molecule has 0 rings (SSSR count). The van der Waals surface area contributed by atoms with Gasteiger partial charge in [0, 0.05) is 12.5 Å². The van der Waals surface area contributed by atoms with Crippen LogP contribution in [0, 0.1) is 0 Å². The Morgan fingerprint density at radius 2 is 2.08 bits per heavy atom. The molecule has 2 unspecified atom stereocenters. The molecule has 0 aromatic carbocycles. The summed E-state index contributed by atoms with van der Waals surface area (Å²) in [5.41, 5.74) is 0. The van der Waals surface area contributed by atoms with E-state index >= 15 is 0 Å². The van der Waals surface area contributed by atoms with Crippen molar-refractivity contribution in [1.29, 1.82) is 0 Å². The maximum atomic E-state index is 11.1. The Morgan fingerprint density at radius 3 is 2.50 bits per heavy atom. The number of hydrogen-bond acceptors (Lipinski definition) is 2. The molecular weight excluding hydrogens is 154 g/mol. The van der Waals surface area contributed by atoms with Crippen LogP contribution in [0.5, 0.6) is 0 Å². The molecule has 0 saturated heterocycles. The molecule has 0 aromatic rings. The highest BCUT2D eigenvalue weighted by molar-refractivity contribution is 5.76. The van der Waals surface area contributed by atoms with Crippen LogP contribution in [-0.4, -0.2) is 23.2 Å². The minimum absolute atomic E-state index is 0.0326. The van der Waals surface area contributed by atoms with E-state index in [0.29, 0.717) is 12.8 Å². The van der Waals surface area contributed by atoms with Gasteiger partial charge in [-0.25, -0.2) is 0 Å². The third kappa shape index (κ3) is 6.16. The van der Waals surface area contributed by atoms with Crippen LogP contribution in [0.3, 0.4) is 0 Å². The zero-order chi connectivity index (χ0) is 9.56. The van der Waals surface area contributed by atoms with Gasteiger partial charge in [-0.05, 0) is 26.7 Å². The first-order chi connectivity index (χ1) is 5.56. The van der Waals surface area contributed by atoms with Crippen molar-refractivity contribution in [3.05, 3.63) is 0 Å². The third-order valence-electron chi connectivity index (χ3n) is 1.81. The maximum absolute atomic E-state index is 11.1. The summed E-state index contributed by atoms with van der Waals surface area (Å²) in [6.07, 6.45) is 1.53. The SMILES string of the molecule is CCC(C)NC(=O)CCC(C)O. The predicted octanol–water partition coefficient (Wildman–Crippen LogP) is 1.06. The molecule has 0 spiro atoms. The first-order valence-corrected chi connectivity index (χ1v) is 4.53. The van der Waals surface area contributed by atoms with Gasteiger partial charge in [-0.3, -0.25) is 4.79 Å². The van der Waals surface area contributed by atoms with E-state index in [-0.39, 0.29) is 18.1 Å². The fourth-order valence-electron chi connectivity index (χ4n) is 0.789. The molecule has 0 bridgehead atoms. The van der Waals surface area contributed by atoms with E-state index in [4.69, 9.17) is 5.11 Å². The lowest BCUT2D eigenvalue weighted by Gasteiger charge is -2.11. The quantitative estimate of drug-likeness (QED) is 0.653. The van der Waals surface area contributed by atoms with Gasteiger partial charge in [-0.1, -0.05) is 6.92 Å². The number of amides is 1. The Kier molecular flexibility index (Phi) is 5.72. The molecule has 3 heteroatoms. The van der Waals surface area contributed by atoms with Crippen molar-refractivity contribution in [3.8, 4) is 0 Å². The molecule has 0 aliphatic rings. The number of nitrogens with one attached hydrogen (secondary N) is 1. The lowest BCUT2D eigenvalue weighted by Crippen LogP contribution is -2.32. The van der Waals surface area contributed by atoms with E-state index in [2.05, 4.69) is 5.32 Å². The van der Waals surface area contributed by atoms with E-state index in [1.54, 1.807) is 6.92 Å². The van der Waals surface area contributed by atoms with Crippen LogP contribution >= 0.6 is 0 Å². The van der Waals surface area contributed by atoms with Crippen LogP contribution in [0.25, 0.3) is 0 Å². The molecule has 0 heterocycles. The van der Waals surface area contributed by atoms with Crippen LogP contribution in [0.4, 0.5) is 0 Å². The molecule has 72 valence electrons. The maximum Gasteiger partial charge on any atom is 0.220 e. The molecule has 0 radical (unpaired) electrons. The fraction of sp³-hybridized carbons (Fsp3) is 0.889. The highest BCUT2D eigenvalue weighted by Crippen LogP contribution is 1.96. The second kappa shape index (κ2) is 6.00. The molecule has 0 saturated carbocycles. The minimum Gasteiger partial charge on any atom is -0.393 e. The third-order valence-corrected chi connectivity index (χ3v) is 1.81. The molecule has 2 atom stereocenters. The van der Waals surface area contributed by atoms with Crippen molar-refractivity contribution < 1.29 is 9.90 Å². The molecule has 12 heavy (non-hydrogen) atoms. The summed E-state index contributed by atoms with van der Waals surface area (Å²) in [7, 11) is 0. The van der Waals surface area contributed by atoms with E-state index in [1.807, 2.05) is 13.8 Å². The second-order valence-corrected chi connectivity index (χ2v) is 3.26. The molecule has 1 amide bonds. The van der Waals surface area contributed by atoms with Crippen molar-refractivity contribution in [2.24, 2.45) is 0 Å². The van der Waals surface area contributed by atoms with Crippen molar-refractivity contribution in [2.45, 2.75) is 52.2 Å². The summed E-state index contributed by atoms with van der Waals surface area (Å²) in [4.78, 5) is 11.1. The Morgan fingerprint density at radius 1 is 1.50 bits per heavy atom. The lowest BCUT2D eigenvalue weighted by molar-refractivity contribution is -0.122. The largest absolute Gasteiger partial charge is 0.393 e. The van der Waals surface area contributed by atoms with E-state index in [1.165, 1.54) is 0 Å². The van der Waals surface area contributed by atoms with E-state index in [0.717, 1.165) is 6.42 Å². The topological polar surface area (TPSA) is 49.3 Å². The van der Waals surface area contributed by atoms with Gasteiger partial charge in [0.2, 0.25) is 5.91 Å². The average Bonchev–Trinajstić information content (AvgIpc) is 2.00. The van der Waals surface area contributed by atoms with E-state index in [9.17, 15) is 4.79 Å². The van der Waals surface area contributed by atoms with Gasteiger partial charge in [0.15, 0.2) is 0 Å². The lowest BCUT2D eigenvalue weighted by atomic mass is 10.2. The molecule has 0 aromatic heterocycles. The van der Waals surface area contributed by atoms with Gasteiger partial charge in [-0.15, -0.1) is 0 Å². The van der Waals surface area contributed by atoms with E-state index < -0.39 is 0 Å². The van der Waals surface area contributed by atoms with Gasteiger partial charge >= 0.3 is 0 Å². The number of rotatable bonds is 5. The molecular formula is C9H19NO2. The number of carbonyl (C=O) groups excluding carboxylic acids is 1. The van der Waals surface area contributed by atoms with Crippen molar-refractivity contribution >= 4 is 5.91 Å². The summed E-state index contributed by atoms with van der Waals surface area (Å²) in [5.74, 6) is 0.0326. The van der Waals surface area contributed by atoms with Gasteiger partial charge in [-0.2, -0.15) is 0 Å². The van der Waals surface area contributed by atoms with Crippen molar-refractivity contribution in [1.82, 2.24) is 5.32 Å². The molecule has 0 fully saturated rings. The Bertz CT molecular complexity index is 134. The highest BCUT2D eigenvalue weighted by atomic mass is 16.3. The first kappa shape index (κ1) is 11.4. The number of aliphatic hydroxyl groups is 1. The van der Waals surface area contributed by atoms with Crippen LogP contribution in [-0.2, 0) is 4.79 Å². The normalized spacial score (nSPS) is 15.3. The van der Waals surface area contributed by atoms with Crippen LogP contribution in [0.2, 0.25) is 0 Å². The Hall–Kier alpha value is -0.570. The zero-order valence-electron chi connectivity index (χ0n) is 8.13. The molecule has 0 aliphatic heterocycles. The van der Waals surface area contributed by atoms with Crippen molar-refractivity contribution in [3.63, 3.8) is 0 Å². The summed E-state index contributed by atoms with van der Waals surface area (Å²) < 4.78 is 0. The smallest absolute Gasteiger partial charge is 0.220 e. The summed E-state index contributed by atoms with van der Waals surface area (Å²) in [5, 5.41) is 11.7. The zero-order valence-corrected chi connectivity index (χ0v) is 8.13. The predicted molar refractivity (Wildman–Crippen MR) is 48.8 cm³/mol. The van der Waals surface area contributed by atoms with Crippen LogP contribution in [0.15, 0.2) is 0 Å². The monoisotopic (exact) mass is 173 g/mol. The number of carbonyl (C=O) groups is 1. The minimum atomic E-state index is -0.382. The Labute approximate surface area is 74.2 Å².